The molecule has 0 amide bonds. The molecule has 1 heterocycles. The molecule has 0 radical (unpaired) electrons. The molecule has 0 atom stereocenters. The lowest BCUT2D eigenvalue weighted by molar-refractivity contribution is 0.0690. The number of hydrogen-bond donors (Lipinski definition) is 0. The van der Waals surface area contributed by atoms with Crippen LogP contribution in [0.25, 0.3) is 0 Å². The van der Waals surface area contributed by atoms with E-state index >= 15 is 0 Å². The van der Waals surface area contributed by atoms with E-state index < -0.39 is 0 Å². The van der Waals surface area contributed by atoms with E-state index in [-0.39, 0.29) is 0 Å². The highest BCUT2D eigenvalue weighted by atomic mass is 15.1. The number of rotatable bonds is 2. The van der Waals surface area contributed by atoms with Gasteiger partial charge in [0.25, 0.3) is 0 Å². The van der Waals surface area contributed by atoms with Crippen LogP contribution >= 0.6 is 0 Å². The second-order valence-electron chi connectivity index (χ2n) is 5.36. The van der Waals surface area contributed by atoms with E-state index in [0.29, 0.717) is 0 Å². The van der Waals surface area contributed by atoms with E-state index in [0.717, 1.165) is 18.4 Å². The van der Waals surface area contributed by atoms with Gasteiger partial charge in [0, 0.05) is 13.0 Å². The van der Waals surface area contributed by atoms with Crippen molar-refractivity contribution in [3.05, 3.63) is 0 Å². The van der Waals surface area contributed by atoms with Crippen molar-refractivity contribution in [2.45, 2.75) is 51.4 Å². The lowest BCUT2D eigenvalue weighted by Crippen LogP contribution is -2.41. The van der Waals surface area contributed by atoms with Crippen molar-refractivity contribution in [2.75, 3.05) is 19.6 Å². The van der Waals surface area contributed by atoms with Crippen LogP contribution in [0, 0.1) is 17.8 Å². The Morgan fingerprint density at radius 1 is 1.00 bits per heavy atom. The zero-order chi connectivity index (χ0) is 10.6. The molecule has 1 spiro atoms. The van der Waals surface area contributed by atoms with Gasteiger partial charge in [0.1, 0.15) is 0 Å². The first-order valence-corrected chi connectivity index (χ1v) is 6.51. The molecule has 84 valence electrons. The van der Waals surface area contributed by atoms with Crippen LogP contribution in [-0.2, 0) is 0 Å². The van der Waals surface area contributed by atoms with Crippen molar-refractivity contribution in [2.24, 2.45) is 5.41 Å². The Labute approximate surface area is 94.2 Å². The third-order valence-electron chi connectivity index (χ3n) is 4.40. The molecule has 1 nitrogen and oxygen atoms in total. The Morgan fingerprint density at radius 3 is 2.27 bits per heavy atom. The van der Waals surface area contributed by atoms with Crippen LogP contribution in [0.3, 0.4) is 0 Å². The zero-order valence-electron chi connectivity index (χ0n) is 9.80. The summed E-state index contributed by atoms with van der Waals surface area (Å²) in [5, 5.41) is 0. The molecule has 15 heavy (non-hydrogen) atoms. The van der Waals surface area contributed by atoms with Gasteiger partial charge in [-0.3, -0.25) is 0 Å². The second kappa shape index (κ2) is 5.03. The first-order chi connectivity index (χ1) is 7.35. The smallest absolute Gasteiger partial charge is 0.0214 e. The first kappa shape index (κ1) is 11.0. The van der Waals surface area contributed by atoms with Gasteiger partial charge in [-0.05, 0) is 44.2 Å². The molecular formula is C14H23N. The lowest BCUT2D eigenvalue weighted by Gasteiger charge is -2.44. The highest BCUT2D eigenvalue weighted by Crippen LogP contribution is 2.44. The van der Waals surface area contributed by atoms with Gasteiger partial charge in [-0.1, -0.05) is 19.3 Å². The Kier molecular flexibility index (Phi) is 3.70. The summed E-state index contributed by atoms with van der Waals surface area (Å²) in [6.07, 6.45) is 16.5. The number of likely N-dealkylation sites (tertiary alicyclic amines) is 1. The third-order valence-corrected chi connectivity index (χ3v) is 4.40. The molecule has 1 aliphatic heterocycles. The molecule has 1 aliphatic carbocycles. The summed E-state index contributed by atoms with van der Waals surface area (Å²) < 4.78 is 0. The van der Waals surface area contributed by atoms with E-state index in [4.69, 9.17) is 6.42 Å². The van der Waals surface area contributed by atoms with Gasteiger partial charge in [0.15, 0.2) is 0 Å². The summed E-state index contributed by atoms with van der Waals surface area (Å²) >= 11 is 0. The lowest BCUT2D eigenvalue weighted by atomic mass is 9.68. The zero-order valence-corrected chi connectivity index (χ0v) is 9.80. The van der Waals surface area contributed by atoms with Crippen LogP contribution in [-0.4, -0.2) is 24.5 Å². The minimum atomic E-state index is 0.741. The summed E-state index contributed by atoms with van der Waals surface area (Å²) in [6.45, 7) is 3.70. The van der Waals surface area contributed by atoms with Crippen molar-refractivity contribution >= 4 is 0 Å². The van der Waals surface area contributed by atoms with Crippen LogP contribution in [0.15, 0.2) is 0 Å². The van der Waals surface area contributed by atoms with E-state index in [1.807, 2.05) is 0 Å². The molecule has 0 aromatic heterocycles. The largest absolute Gasteiger partial charge is 0.302 e. The fraction of sp³-hybridized carbons (Fsp3) is 0.857. The molecule has 1 saturated carbocycles. The van der Waals surface area contributed by atoms with Crippen LogP contribution in [0.5, 0.6) is 0 Å². The van der Waals surface area contributed by atoms with Gasteiger partial charge in [-0.15, -0.1) is 12.3 Å². The topological polar surface area (TPSA) is 3.24 Å². The standard InChI is InChI=1S/C14H23N/c1-2-3-11-15-12-9-14(10-13-15)7-5-4-6-8-14/h1H,3-13H2. The van der Waals surface area contributed by atoms with Gasteiger partial charge in [-0.2, -0.15) is 0 Å². The number of terminal acetylenes is 1. The summed E-state index contributed by atoms with van der Waals surface area (Å²) in [4.78, 5) is 2.56. The molecule has 2 rings (SSSR count). The van der Waals surface area contributed by atoms with Crippen LogP contribution < -0.4 is 0 Å². The molecule has 2 aliphatic rings. The maximum Gasteiger partial charge on any atom is 0.0214 e. The Bertz CT molecular complexity index is 222. The molecule has 0 aromatic carbocycles. The Morgan fingerprint density at radius 2 is 1.67 bits per heavy atom. The minimum absolute atomic E-state index is 0.741. The maximum absolute atomic E-state index is 5.31. The SMILES string of the molecule is C#CCCN1CCC2(CCCCC2)CC1. The number of piperidine rings is 1. The quantitative estimate of drug-likeness (QED) is 0.626. The highest BCUT2D eigenvalue weighted by Gasteiger charge is 2.34. The first-order valence-electron chi connectivity index (χ1n) is 6.51. The Balaban J connectivity index is 1.78. The predicted octanol–water partition coefficient (Wildman–Crippen LogP) is 3.06. The van der Waals surface area contributed by atoms with Gasteiger partial charge in [0.05, 0.1) is 0 Å². The summed E-state index contributed by atoms with van der Waals surface area (Å²) in [5.41, 5.74) is 0.741. The minimum Gasteiger partial charge on any atom is -0.302 e. The normalized spacial score (nSPS) is 26.3. The van der Waals surface area contributed by atoms with Crippen molar-refractivity contribution in [3.63, 3.8) is 0 Å². The monoisotopic (exact) mass is 205 g/mol. The van der Waals surface area contributed by atoms with Gasteiger partial charge >= 0.3 is 0 Å². The molecule has 0 unspecified atom stereocenters. The molecule has 0 bridgehead atoms. The van der Waals surface area contributed by atoms with Crippen molar-refractivity contribution in [3.8, 4) is 12.3 Å². The summed E-state index contributed by atoms with van der Waals surface area (Å²) in [6, 6.07) is 0. The Hall–Kier alpha value is -0.480. The van der Waals surface area contributed by atoms with E-state index in [9.17, 15) is 0 Å². The summed E-state index contributed by atoms with van der Waals surface area (Å²) in [5.74, 6) is 2.74. The molecule has 0 N–H and O–H groups in total. The van der Waals surface area contributed by atoms with E-state index in [2.05, 4.69) is 10.8 Å². The fourth-order valence-electron chi connectivity index (χ4n) is 3.28. The van der Waals surface area contributed by atoms with Crippen molar-refractivity contribution < 1.29 is 0 Å². The summed E-state index contributed by atoms with van der Waals surface area (Å²) in [7, 11) is 0. The molecule has 1 saturated heterocycles. The second-order valence-corrected chi connectivity index (χ2v) is 5.36. The molecule has 2 fully saturated rings. The van der Waals surface area contributed by atoms with Crippen LogP contribution in [0.1, 0.15) is 51.4 Å². The van der Waals surface area contributed by atoms with Crippen molar-refractivity contribution in [1.29, 1.82) is 0 Å². The van der Waals surface area contributed by atoms with E-state index in [1.165, 1.54) is 58.0 Å². The fourth-order valence-corrected chi connectivity index (χ4v) is 3.28. The van der Waals surface area contributed by atoms with E-state index in [1.54, 1.807) is 0 Å². The van der Waals surface area contributed by atoms with Gasteiger partial charge in [0.2, 0.25) is 0 Å². The highest BCUT2D eigenvalue weighted by molar-refractivity contribution is 4.90. The van der Waals surface area contributed by atoms with Gasteiger partial charge < -0.3 is 4.90 Å². The molecule has 0 aromatic rings. The average molecular weight is 205 g/mol. The maximum atomic E-state index is 5.31. The van der Waals surface area contributed by atoms with Crippen LogP contribution in [0.2, 0.25) is 0 Å². The predicted molar refractivity (Wildman–Crippen MR) is 64.6 cm³/mol. The van der Waals surface area contributed by atoms with Gasteiger partial charge in [-0.25, -0.2) is 0 Å². The average Bonchev–Trinajstić information content (AvgIpc) is 2.30. The number of hydrogen-bond acceptors (Lipinski definition) is 1. The molecular weight excluding hydrogens is 182 g/mol. The third kappa shape index (κ3) is 2.75. The van der Waals surface area contributed by atoms with Crippen LogP contribution in [0.4, 0.5) is 0 Å². The van der Waals surface area contributed by atoms with Crippen molar-refractivity contribution in [1.82, 2.24) is 4.90 Å². The molecule has 1 heteroatoms. The number of nitrogens with zero attached hydrogens (tertiary/aromatic N) is 1.